The van der Waals surface area contributed by atoms with Gasteiger partial charge >= 0.3 is 0 Å². The van der Waals surface area contributed by atoms with E-state index in [0.717, 1.165) is 24.8 Å². The number of hydrogen-bond acceptors (Lipinski definition) is 5. The molecule has 0 saturated carbocycles. The molecule has 0 aliphatic carbocycles. The zero-order valence-electron chi connectivity index (χ0n) is 9.95. The molecule has 6 heteroatoms. The molecular weight excluding hydrogens is 248 g/mol. The fraction of sp³-hybridized carbons (Fsp3) is 0.417. The van der Waals surface area contributed by atoms with Gasteiger partial charge in [0.05, 0.1) is 12.8 Å². The van der Waals surface area contributed by atoms with Crippen LogP contribution in [0.3, 0.4) is 0 Å². The summed E-state index contributed by atoms with van der Waals surface area (Å²) >= 11 is 5.29. The molecule has 3 rings (SSSR count). The van der Waals surface area contributed by atoms with Crippen LogP contribution in [0.2, 0.25) is 0 Å². The highest BCUT2D eigenvalue weighted by molar-refractivity contribution is 7.71. The maximum atomic E-state index is 5.29. The predicted octanol–water partition coefficient (Wildman–Crippen LogP) is 2.25. The summed E-state index contributed by atoms with van der Waals surface area (Å²) in [7, 11) is 0. The lowest BCUT2D eigenvalue weighted by atomic mass is 10.4. The van der Waals surface area contributed by atoms with Crippen LogP contribution in [0.4, 0.5) is 5.95 Å². The van der Waals surface area contributed by atoms with E-state index in [4.69, 9.17) is 16.6 Å². The largest absolute Gasteiger partial charge is 0.467 e. The van der Waals surface area contributed by atoms with Gasteiger partial charge in [-0.3, -0.25) is 4.57 Å². The summed E-state index contributed by atoms with van der Waals surface area (Å²) in [4.78, 5) is 10.9. The average Bonchev–Trinajstić information content (AvgIpc) is 3.04. The number of furan rings is 1. The molecule has 3 heterocycles. The first-order valence-electron chi connectivity index (χ1n) is 6.04. The van der Waals surface area contributed by atoms with E-state index in [1.54, 1.807) is 12.6 Å². The molecule has 0 amide bonds. The Balaban J connectivity index is 1.82. The molecule has 1 aliphatic rings. The van der Waals surface area contributed by atoms with Crippen molar-refractivity contribution in [2.75, 3.05) is 18.0 Å². The van der Waals surface area contributed by atoms with Gasteiger partial charge in [0, 0.05) is 13.1 Å². The fourth-order valence-corrected chi connectivity index (χ4v) is 2.29. The Morgan fingerprint density at radius 2 is 2.17 bits per heavy atom. The summed E-state index contributed by atoms with van der Waals surface area (Å²) in [6.45, 7) is 2.63. The fourth-order valence-electron chi connectivity index (χ4n) is 2.10. The SMILES string of the molecule is S=c1nc(N2CCCC2)ncn1Cc1ccco1. The Bertz CT molecular complexity index is 572. The molecule has 0 bridgehead atoms. The molecule has 0 radical (unpaired) electrons. The lowest BCUT2D eigenvalue weighted by molar-refractivity contribution is 0.487. The van der Waals surface area contributed by atoms with Crippen LogP contribution in [0.15, 0.2) is 29.1 Å². The first-order valence-corrected chi connectivity index (χ1v) is 6.44. The molecule has 2 aromatic heterocycles. The summed E-state index contributed by atoms with van der Waals surface area (Å²) in [6, 6.07) is 3.77. The molecule has 0 spiro atoms. The molecule has 1 saturated heterocycles. The van der Waals surface area contributed by atoms with Gasteiger partial charge in [-0.15, -0.1) is 0 Å². The van der Waals surface area contributed by atoms with E-state index >= 15 is 0 Å². The predicted molar refractivity (Wildman–Crippen MR) is 70.1 cm³/mol. The van der Waals surface area contributed by atoms with Crippen LogP contribution >= 0.6 is 12.2 Å². The standard InChI is InChI=1S/C12H14N4OS/c18-12-14-11(15-5-1-2-6-15)13-9-16(12)8-10-4-3-7-17-10/h3-4,7,9H,1-2,5-6,8H2. The van der Waals surface area contributed by atoms with Crippen molar-refractivity contribution in [2.24, 2.45) is 0 Å². The molecule has 1 fully saturated rings. The van der Waals surface area contributed by atoms with Gasteiger partial charge in [-0.25, -0.2) is 4.98 Å². The molecule has 0 atom stereocenters. The van der Waals surface area contributed by atoms with E-state index < -0.39 is 0 Å². The molecule has 0 N–H and O–H groups in total. The topological polar surface area (TPSA) is 47.1 Å². The van der Waals surface area contributed by atoms with Crippen molar-refractivity contribution < 1.29 is 4.42 Å². The summed E-state index contributed by atoms with van der Waals surface area (Å²) in [5.41, 5.74) is 0. The van der Waals surface area contributed by atoms with Crippen LogP contribution in [-0.4, -0.2) is 27.6 Å². The van der Waals surface area contributed by atoms with E-state index in [1.165, 1.54) is 12.8 Å². The molecule has 18 heavy (non-hydrogen) atoms. The maximum absolute atomic E-state index is 5.29. The van der Waals surface area contributed by atoms with Crippen molar-refractivity contribution in [3.63, 3.8) is 0 Å². The summed E-state index contributed by atoms with van der Waals surface area (Å²) in [5.74, 6) is 1.59. The molecule has 1 aliphatic heterocycles. The van der Waals surface area contributed by atoms with Gasteiger partial charge in [-0.2, -0.15) is 4.98 Å². The molecular formula is C12H14N4OS. The highest BCUT2D eigenvalue weighted by atomic mass is 32.1. The zero-order valence-corrected chi connectivity index (χ0v) is 10.8. The minimum Gasteiger partial charge on any atom is -0.467 e. The third-order valence-corrected chi connectivity index (χ3v) is 3.37. The van der Waals surface area contributed by atoms with Crippen LogP contribution < -0.4 is 4.90 Å². The zero-order chi connectivity index (χ0) is 12.4. The van der Waals surface area contributed by atoms with Gasteiger partial charge in [-0.05, 0) is 37.2 Å². The minimum atomic E-state index is 0.545. The summed E-state index contributed by atoms with van der Waals surface area (Å²) in [6.07, 6.45) is 5.80. The van der Waals surface area contributed by atoms with Crippen molar-refractivity contribution in [1.82, 2.24) is 14.5 Å². The number of hydrogen-bond donors (Lipinski definition) is 0. The number of rotatable bonds is 3. The van der Waals surface area contributed by atoms with Crippen molar-refractivity contribution in [2.45, 2.75) is 19.4 Å². The Kier molecular flexibility index (Phi) is 3.10. The summed E-state index contributed by atoms with van der Waals surface area (Å²) in [5, 5.41) is 0. The highest BCUT2D eigenvalue weighted by Crippen LogP contribution is 2.14. The number of aromatic nitrogens is 3. The van der Waals surface area contributed by atoms with Gasteiger partial charge in [0.2, 0.25) is 10.7 Å². The Morgan fingerprint density at radius 3 is 2.83 bits per heavy atom. The van der Waals surface area contributed by atoms with Gasteiger partial charge < -0.3 is 9.32 Å². The first-order chi connectivity index (χ1) is 8.83. The third kappa shape index (κ3) is 2.28. The van der Waals surface area contributed by atoms with E-state index in [2.05, 4.69) is 14.9 Å². The van der Waals surface area contributed by atoms with Gasteiger partial charge in [0.25, 0.3) is 0 Å². The molecule has 2 aromatic rings. The second kappa shape index (κ2) is 4.89. The van der Waals surface area contributed by atoms with Crippen molar-refractivity contribution in [3.05, 3.63) is 35.3 Å². The highest BCUT2D eigenvalue weighted by Gasteiger charge is 2.15. The Labute approximate surface area is 110 Å². The van der Waals surface area contributed by atoms with E-state index in [-0.39, 0.29) is 0 Å². The van der Waals surface area contributed by atoms with Gasteiger partial charge in [0.15, 0.2) is 0 Å². The van der Waals surface area contributed by atoms with Crippen LogP contribution in [0, 0.1) is 4.77 Å². The lowest BCUT2D eigenvalue weighted by Gasteiger charge is -2.15. The van der Waals surface area contributed by atoms with Gasteiger partial charge in [0.1, 0.15) is 12.1 Å². The van der Waals surface area contributed by atoms with Crippen molar-refractivity contribution in [1.29, 1.82) is 0 Å². The van der Waals surface area contributed by atoms with E-state index in [9.17, 15) is 0 Å². The van der Waals surface area contributed by atoms with Crippen molar-refractivity contribution in [3.8, 4) is 0 Å². The molecule has 94 valence electrons. The molecule has 0 aromatic carbocycles. The van der Waals surface area contributed by atoms with Crippen LogP contribution in [0.25, 0.3) is 0 Å². The maximum Gasteiger partial charge on any atom is 0.229 e. The quantitative estimate of drug-likeness (QED) is 0.794. The number of nitrogens with zero attached hydrogens (tertiary/aromatic N) is 4. The average molecular weight is 262 g/mol. The summed E-state index contributed by atoms with van der Waals surface area (Å²) < 4.78 is 7.65. The molecule has 5 nitrogen and oxygen atoms in total. The van der Waals surface area contributed by atoms with E-state index in [1.807, 2.05) is 16.7 Å². The Morgan fingerprint density at radius 1 is 1.33 bits per heavy atom. The van der Waals surface area contributed by atoms with Crippen LogP contribution in [-0.2, 0) is 6.54 Å². The smallest absolute Gasteiger partial charge is 0.229 e. The second-order valence-electron chi connectivity index (χ2n) is 4.34. The second-order valence-corrected chi connectivity index (χ2v) is 4.71. The van der Waals surface area contributed by atoms with E-state index in [0.29, 0.717) is 11.3 Å². The first kappa shape index (κ1) is 11.4. The minimum absolute atomic E-state index is 0.545. The third-order valence-electron chi connectivity index (χ3n) is 3.05. The van der Waals surface area contributed by atoms with Crippen LogP contribution in [0.5, 0.6) is 0 Å². The molecule has 0 unspecified atom stereocenters. The van der Waals surface area contributed by atoms with Crippen molar-refractivity contribution >= 4 is 18.2 Å². The van der Waals surface area contributed by atoms with Crippen LogP contribution in [0.1, 0.15) is 18.6 Å². The lowest BCUT2D eigenvalue weighted by Crippen LogP contribution is -2.21. The van der Waals surface area contributed by atoms with Gasteiger partial charge in [-0.1, -0.05) is 0 Å². The Hall–Kier alpha value is -1.69. The number of anilines is 1. The normalized spacial score (nSPS) is 15.2. The monoisotopic (exact) mass is 262 g/mol.